The highest BCUT2D eigenvalue weighted by molar-refractivity contribution is 5.43. The van der Waals surface area contributed by atoms with Crippen LogP contribution >= 0.6 is 0 Å². The highest BCUT2D eigenvalue weighted by Crippen LogP contribution is 2.37. The van der Waals surface area contributed by atoms with Crippen molar-refractivity contribution >= 4 is 0 Å². The minimum Gasteiger partial charge on any atom is -0.493 e. The molecule has 0 aliphatic carbocycles. The minimum absolute atomic E-state index is 0.443. The second-order valence-electron chi connectivity index (χ2n) is 4.87. The average molecular weight is 250 g/mol. The standard InChI is InChI=1S/C15H22O3/c1-5-12-15(18-12)8-10(2)11-6-7-13(16-3)14(9-11)17-4/h6-7,9-10,12,15H,5,8H2,1-4H3. The predicted molar refractivity (Wildman–Crippen MR) is 71.5 cm³/mol. The maximum absolute atomic E-state index is 5.60. The second-order valence-corrected chi connectivity index (χ2v) is 4.87. The van der Waals surface area contributed by atoms with Gasteiger partial charge in [0.15, 0.2) is 11.5 Å². The van der Waals surface area contributed by atoms with Crippen LogP contribution in [0.3, 0.4) is 0 Å². The third-order valence-corrected chi connectivity index (χ3v) is 3.65. The van der Waals surface area contributed by atoms with Crippen LogP contribution in [0.25, 0.3) is 0 Å². The van der Waals surface area contributed by atoms with E-state index >= 15 is 0 Å². The Kier molecular flexibility index (Phi) is 4.12. The Bertz CT molecular complexity index is 403. The highest BCUT2D eigenvalue weighted by Gasteiger charge is 2.37. The molecule has 3 atom stereocenters. The highest BCUT2D eigenvalue weighted by atomic mass is 16.6. The van der Waals surface area contributed by atoms with Gasteiger partial charge in [-0.15, -0.1) is 0 Å². The molecule has 1 aromatic carbocycles. The first kappa shape index (κ1) is 13.2. The predicted octanol–water partition coefficient (Wildman–Crippen LogP) is 3.37. The van der Waals surface area contributed by atoms with Gasteiger partial charge in [-0.3, -0.25) is 0 Å². The van der Waals surface area contributed by atoms with E-state index in [0.717, 1.165) is 24.3 Å². The molecule has 0 amide bonds. The zero-order valence-corrected chi connectivity index (χ0v) is 11.6. The lowest BCUT2D eigenvalue weighted by Crippen LogP contribution is -2.02. The van der Waals surface area contributed by atoms with Gasteiger partial charge in [0.2, 0.25) is 0 Å². The molecule has 18 heavy (non-hydrogen) atoms. The van der Waals surface area contributed by atoms with Crippen molar-refractivity contribution in [3.8, 4) is 11.5 Å². The molecule has 1 aliphatic rings. The number of methoxy groups -OCH3 is 2. The van der Waals surface area contributed by atoms with Crippen molar-refractivity contribution in [3.05, 3.63) is 23.8 Å². The van der Waals surface area contributed by atoms with Crippen LogP contribution in [0.15, 0.2) is 18.2 Å². The van der Waals surface area contributed by atoms with E-state index in [0.29, 0.717) is 18.1 Å². The van der Waals surface area contributed by atoms with Crippen LogP contribution in [0.2, 0.25) is 0 Å². The van der Waals surface area contributed by atoms with E-state index in [1.807, 2.05) is 6.07 Å². The quantitative estimate of drug-likeness (QED) is 0.725. The fraction of sp³-hybridized carbons (Fsp3) is 0.600. The first-order chi connectivity index (χ1) is 8.69. The summed E-state index contributed by atoms with van der Waals surface area (Å²) < 4.78 is 16.2. The third kappa shape index (κ3) is 2.78. The topological polar surface area (TPSA) is 31.0 Å². The van der Waals surface area contributed by atoms with Crippen LogP contribution < -0.4 is 9.47 Å². The van der Waals surface area contributed by atoms with Gasteiger partial charge in [0.25, 0.3) is 0 Å². The molecule has 1 aromatic rings. The molecule has 100 valence electrons. The Morgan fingerprint density at radius 1 is 1.17 bits per heavy atom. The molecule has 1 fully saturated rings. The van der Waals surface area contributed by atoms with Crippen LogP contribution in [-0.4, -0.2) is 26.4 Å². The van der Waals surface area contributed by atoms with Crippen LogP contribution in [0.5, 0.6) is 11.5 Å². The summed E-state index contributed by atoms with van der Waals surface area (Å²) in [6.45, 7) is 4.40. The fourth-order valence-corrected chi connectivity index (χ4v) is 2.39. The van der Waals surface area contributed by atoms with Crippen molar-refractivity contribution in [2.24, 2.45) is 0 Å². The molecule has 0 spiro atoms. The van der Waals surface area contributed by atoms with Crippen molar-refractivity contribution in [1.29, 1.82) is 0 Å². The van der Waals surface area contributed by atoms with Gasteiger partial charge >= 0.3 is 0 Å². The summed E-state index contributed by atoms with van der Waals surface area (Å²) in [7, 11) is 3.33. The van der Waals surface area contributed by atoms with E-state index in [1.54, 1.807) is 14.2 Å². The van der Waals surface area contributed by atoms with E-state index in [4.69, 9.17) is 14.2 Å². The molecule has 0 aromatic heterocycles. The number of epoxide rings is 1. The summed E-state index contributed by atoms with van der Waals surface area (Å²) in [6, 6.07) is 6.14. The van der Waals surface area contributed by atoms with Gasteiger partial charge in [-0.25, -0.2) is 0 Å². The summed E-state index contributed by atoms with van der Waals surface area (Å²) in [5.74, 6) is 2.06. The number of ether oxygens (including phenoxy) is 3. The first-order valence-electron chi connectivity index (χ1n) is 6.57. The molecule has 0 radical (unpaired) electrons. The molecule has 0 N–H and O–H groups in total. The number of rotatable bonds is 6. The third-order valence-electron chi connectivity index (χ3n) is 3.65. The minimum atomic E-state index is 0.443. The summed E-state index contributed by atoms with van der Waals surface area (Å²) in [4.78, 5) is 0. The largest absolute Gasteiger partial charge is 0.493 e. The summed E-state index contributed by atoms with van der Waals surface area (Å²) in [5, 5.41) is 0. The van der Waals surface area contributed by atoms with Crippen LogP contribution in [0, 0.1) is 0 Å². The normalized spacial score (nSPS) is 23.6. The Morgan fingerprint density at radius 2 is 1.89 bits per heavy atom. The van der Waals surface area contributed by atoms with Gasteiger partial charge < -0.3 is 14.2 Å². The van der Waals surface area contributed by atoms with Crippen molar-refractivity contribution in [3.63, 3.8) is 0 Å². The van der Waals surface area contributed by atoms with Crippen molar-refractivity contribution < 1.29 is 14.2 Å². The van der Waals surface area contributed by atoms with Crippen LogP contribution in [0.4, 0.5) is 0 Å². The van der Waals surface area contributed by atoms with E-state index in [1.165, 1.54) is 5.56 Å². The van der Waals surface area contributed by atoms with E-state index in [2.05, 4.69) is 26.0 Å². The molecule has 0 bridgehead atoms. The molecule has 1 heterocycles. The summed E-state index contributed by atoms with van der Waals surface area (Å²) in [6.07, 6.45) is 3.11. The monoisotopic (exact) mass is 250 g/mol. The molecular weight excluding hydrogens is 228 g/mol. The Balaban J connectivity index is 2.03. The SMILES string of the molecule is CCC1OC1CC(C)c1ccc(OC)c(OC)c1. The summed E-state index contributed by atoms with van der Waals surface area (Å²) >= 11 is 0. The zero-order chi connectivity index (χ0) is 13.1. The molecule has 3 nitrogen and oxygen atoms in total. The van der Waals surface area contributed by atoms with Crippen molar-refractivity contribution in [2.45, 2.75) is 44.8 Å². The van der Waals surface area contributed by atoms with Crippen LogP contribution in [0.1, 0.15) is 38.2 Å². The Labute approximate surface area is 109 Å². The van der Waals surface area contributed by atoms with Gasteiger partial charge in [-0.1, -0.05) is 19.9 Å². The van der Waals surface area contributed by atoms with E-state index in [9.17, 15) is 0 Å². The lowest BCUT2D eigenvalue weighted by molar-refractivity contribution is 0.349. The molecule has 1 saturated heterocycles. The second kappa shape index (κ2) is 5.61. The lowest BCUT2D eigenvalue weighted by atomic mass is 9.94. The zero-order valence-electron chi connectivity index (χ0n) is 11.6. The van der Waals surface area contributed by atoms with Gasteiger partial charge in [-0.2, -0.15) is 0 Å². The van der Waals surface area contributed by atoms with Crippen molar-refractivity contribution in [2.75, 3.05) is 14.2 Å². The molecule has 2 rings (SSSR count). The average Bonchev–Trinajstić information content (AvgIpc) is 3.16. The molecular formula is C15H22O3. The Hall–Kier alpha value is -1.22. The van der Waals surface area contributed by atoms with Gasteiger partial charge in [0.1, 0.15) is 0 Å². The molecule has 0 saturated carbocycles. The van der Waals surface area contributed by atoms with E-state index < -0.39 is 0 Å². The maximum Gasteiger partial charge on any atom is 0.160 e. The number of benzene rings is 1. The van der Waals surface area contributed by atoms with Crippen LogP contribution in [-0.2, 0) is 4.74 Å². The first-order valence-corrected chi connectivity index (χ1v) is 6.57. The van der Waals surface area contributed by atoms with E-state index in [-0.39, 0.29) is 0 Å². The molecule has 1 aliphatic heterocycles. The number of hydrogen-bond donors (Lipinski definition) is 0. The molecule has 3 unspecified atom stereocenters. The maximum atomic E-state index is 5.60. The van der Waals surface area contributed by atoms with Gasteiger partial charge in [0.05, 0.1) is 26.4 Å². The fourth-order valence-electron chi connectivity index (χ4n) is 2.39. The van der Waals surface area contributed by atoms with Gasteiger partial charge in [-0.05, 0) is 36.5 Å². The molecule has 3 heteroatoms. The van der Waals surface area contributed by atoms with Crippen molar-refractivity contribution in [1.82, 2.24) is 0 Å². The summed E-state index contributed by atoms with van der Waals surface area (Å²) in [5.41, 5.74) is 1.28. The lowest BCUT2D eigenvalue weighted by Gasteiger charge is -2.14. The Morgan fingerprint density at radius 3 is 2.44 bits per heavy atom. The smallest absolute Gasteiger partial charge is 0.160 e. The number of hydrogen-bond acceptors (Lipinski definition) is 3. The van der Waals surface area contributed by atoms with Gasteiger partial charge in [0, 0.05) is 0 Å².